The molecule has 0 fully saturated rings. The topological polar surface area (TPSA) is 72.7 Å². The van der Waals surface area contributed by atoms with Gasteiger partial charge < -0.3 is 9.88 Å². The highest BCUT2D eigenvalue weighted by Crippen LogP contribution is 2.30. The van der Waals surface area contributed by atoms with Gasteiger partial charge in [0.05, 0.1) is 11.4 Å². The highest BCUT2D eigenvalue weighted by molar-refractivity contribution is 7.99. The van der Waals surface area contributed by atoms with Crippen LogP contribution in [0.25, 0.3) is 22.0 Å². The molecule has 0 aliphatic heterocycles. The summed E-state index contributed by atoms with van der Waals surface area (Å²) in [6, 6.07) is 24.7. The largest absolute Gasteiger partial charge is 0.306 e. The van der Waals surface area contributed by atoms with Gasteiger partial charge in [-0.25, -0.2) is 4.98 Å². The molecule has 0 atom stereocenters. The number of thioether (sulfide) groups is 1. The SMILES string of the molecule is CCn1c(Cc2cccc3ccccc23)nnc1SCC(=O)Nc1nc(-c2ccccc2)c(C)s1. The third kappa shape index (κ3) is 5.13. The fourth-order valence-corrected chi connectivity index (χ4v) is 5.76. The fraction of sp³-hybridized carbons (Fsp3) is 0.185. The molecule has 2 heterocycles. The average molecular weight is 500 g/mol. The summed E-state index contributed by atoms with van der Waals surface area (Å²) in [7, 11) is 0. The lowest BCUT2D eigenvalue weighted by atomic mass is 10.0. The van der Waals surface area contributed by atoms with Crippen molar-refractivity contribution in [1.82, 2.24) is 19.7 Å². The third-order valence-electron chi connectivity index (χ3n) is 5.76. The van der Waals surface area contributed by atoms with Gasteiger partial charge in [0, 0.05) is 23.4 Å². The number of aromatic nitrogens is 4. The van der Waals surface area contributed by atoms with Gasteiger partial charge in [-0.3, -0.25) is 4.79 Å². The highest BCUT2D eigenvalue weighted by atomic mass is 32.2. The predicted molar refractivity (Wildman–Crippen MR) is 144 cm³/mol. The Kier molecular flexibility index (Phi) is 6.92. The van der Waals surface area contributed by atoms with Gasteiger partial charge in [-0.15, -0.1) is 21.5 Å². The number of carbonyl (C=O) groups is 1. The molecule has 0 aliphatic rings. The zero-order chi connectivity index (χ0) is 24.2. The number of nitrogens with one attached hydrogen (secondary N) is 1. The summed E-state index contributed by atoms with van der Waals surface area (Å²) in [6.45, 7) is 4.83. The van der Waals surface area contributed by atoms with E-state index in [4.69, 9.17) is 0 Å². The normalized spacial score (nSPS) is 11.1. The first-order valence-corrected chi connectivity index (χ1v) is 13.3. The smallest absolute Gasteiger partial charge is 0.236 e. The zero-order valence-corrected chi connectivity index (χ0v) is 21.2. The van der Waals surface area contributed by atoms with E-state index in [9.17, 15) is 4.79 Å². The lowest BCUT2D eigenvalue weighted by Gasteiger charge is -2.09. The second kappa shape index (κ2) is 10.4. The van der Waals surface area contributed by atoms with Crippen LogP contribution in [0.1, 0.15) is 23.2 Å². The maximum absolute atomic E-state index is 12.7. The Balaban J connectivity index is 1.25. The summed E-state index contributed by atoms with van der Waals surface area (Å²) >= 11 is 2.88. The van der Waals surface area contributed by atoms with Gasteiger partial charge in [0.15, 0.2) is 10.3 Å². The van der Waals surface area contributed by atoms with Gasteiger partial charge >= 0.3 is 0 Å². The zero-order valence-electron chi connectivity index (χ0n) is 19.6. The average Bonchev–Trinajstić information content (AvgIpc) is 3.45. The number of hydrogen-bond acceptors (Lipinski definition) is 6. The van der Waals surface area contributed by atoms with E-state index in [2.05, 4.69) is 74.5 Å². The Labute approximate surface area is 212 Å². The van der Waals surface area contributed by atoms with Crippen molar-refractivity contribution in [3.05, 3.63) is 89.1 Å². The number of amides is 1. The number of nitrogens with zero attached hydrogens (tertiary/aromatic N) is 4. The third-order valence-corrected chi connectivity index (χ3v) is 7.61. The maximum Gasteiger partial charge on any atom is 0.236 e. The lowest BCUT2D eigenvalue weighted by Crippen LogP contribution is -2.14. The van der Waals surface area contributed by atoms with Gasteiger partial charge in [-0.1, -0.05) is 84.6 Å². The van der Waals surface area contributed by atoms with Gasteiger partial charge in [-0.05, 0) is 30.2 Å². The van der Waals surface area contributed by atoms with Crippen LogP contribution in [0, 0.1) is 6.92 Å². The van der Waals surface area contributed by atoms with Crippen LogP contribution < -0.4 is 5.32 Å². The Hall–Kier alpha value is -3.49. The summed E-state index contributed by atoms with van der Waals surface area (Å²) in [4.78, 5) is 18.4. The number of thiazole rings is 1. The van der Waals surface area contributed by atoms with Crippen LogP contribution in [0.4, 0.5) is 5.13 Å². The minimum atomic E-state index is -0.107. The van der Waals surface area contributed by atoms with Crippen molar-refractivity contribution in [3.63, 3.8) is 0 Å². The molecule has 6 nitrogen and oxygen atoms in total. The molecular formula is C27H25N5OS2. The molecule has 1 N–H and O–H groups in total. The molecule has 35 heavy (non-hydrogen) atoms. The summed E-state index contributed by atoms with van der Waals surface area (Å²) < 4.78 is 2.08. The summed E-state index contributed by atoms with van der Waals surface area (Å²) in [6.07, 6.45) is 0.690. The molecule has 0 aliphatic carbocycles. The summed E-state index contributed by atoms with van der Waals surface area (Å²) in [5.41, 5.74) is 3.17. The number of rotatable bonds is 8. The number of hydrogen-bond donors (Lipinski definition) is 1. The van der Waals surface area contributed by atoms with Crippen molar-refractivity contribution in [2.24, 2.45) is 0 Å². The number of fused-ring (bicyclic) bond motifs is 1. The molecule has 0 unspecified atom stereocenters. The van der Waals surface area contributed by atoms with Crippen LogP contribution >= 0.6 is 23.1 Å². The molecule has 1 amide bonds. The van der Waals surface area contributed by atoms with Gasteiger partial charge in [0.1, 0.15) is 5.82 Å². The molecule has 2 aromatic heterocycles. The number of aryl methyl sites for hydroxylation is 1. The molecule has 0 bridgehead atoms. The van der Waals surface area contributed by atoms with E-state index in [-0.39, 0.29) is 11.7 Å². The molecule has 5 aromatic rings. The first kappa shape index (κ1) is 23.3. The number of carbonyl (C=O) groups excluding carboxylic acids is 1. The van der Waals surface area contributed by atoms with E-state index >= 15 is 0 Å². The standard InChI is InChI=1S/C27H25N5OS2/c1-3-32-23(16-21-14-9-13-19-10-7-8-15-22(19)21)30-31-27(32)34-17-24(33)28-26-29-25(18(2)35-26)20-11-5-4-6-12-20/h4-15H,3,16-17H2,1-2H3,(H,28,29,33). The van der Waals surface area contributed by atoms with Crippen molar-refractivity contribution in [3.8, 4) is 11.3 Å². The molecule has 176 valence electrons. The van der Waals surface area contributed by atoms with E-state index < -0.39 is 0 Å². The molecule has 0 saturated carbocycles. The lowest BCUT2D eigenvalue weighted by molar-refractivity contribution is -0.113. The Morgan fingerprint density at radius 1 is 1.00 bits per heavy atom. The molecule has 3 aromatic carbocycles. The van der Waals surface area contributed by atoms with Crippen molar-refractivity contribution in [2.75, 3.05) is 11.1 Å². The van der Waals surface area contributed by atoms with Crippen molar-refractivity contribution < 1.29 is 4.79 Å². The van der Waals surface area contributed by atoms with Crippen LogP contribution in [0.2, 0.25) is 0 Å². The Morgan fingerprint density at radius 3 is 2.60 bits per heavy atom. The van der Waals surface area contributed by atoms with Crippen LogP contribution in [-0.4, -0.2) is 31.4 Å². The monoisotopic (exact) mass is 499 g/mol. The first-order chi connectivity index (χ1) is 17.1. The van der Waals surface area contributed by atoms with E-state index in [1.807, 2.05) is 37.3 Å². The molecule has 0 saturated heterocycles. The molecule has 0 spiro atoms. The van der Waals surface area contributed by atoms with Crippen LogP contribution in [0.5, 0.6) is 0 Å². The maximum atomic E-state index is 12.7. The van der Waals surface area contributed by atoms with Crippen LogP contribution in [0.15, 0.2) is 78.0 Å². The Morgan fingerprint density at radius 2 is 1.77 bits per heavy atom. The first-order valence-electron chi connectivity index (χ1n) is 11.5. The second-order valence-electron chi connectivity index (χ2n) is 8.08. The van der Waals surface area contributed by atoms with Gasteiger partial charge in [0.2, 0.25) is 5.91 Å². The number of anilines is 1. The quantitative estimate of drug-likeness (QED) is 0.257. The van der Waals surface area contributed by atoms with Crippen molar-refractivity contribution in [1.29, 1.82) is 0 Å². The van der Waals surface area contributed by atoms with Crippen molar-refractivity contribution >= 4 is 44.9 Å². The van der Waals surface area contributed by atoms with Gasteiger partial charge in [0.25, 0.3) is 0 Å². The summed E-state index contributed by atoms with van der Waals surface area (Å²) in [5.74, 6) is 1.03. The van der Waals surface area contributed by atoms with Gasteiger partial charge in [-0.2, -0.15) is 0 Å². The predicted octanol–water partition coefficient (Wildman–Crippen LogP) is 6.20. The molecule has 8 heteroatoms. The van der Waals surface area contributed by atoms with Crippen LogP contribution in [0.3, 0.4) is 0 Å². The highest BCUT2D eigenvalue weighted by Gasteiger charge is 2.16. The van der Waals surface area contributed by atoms with E-state index in [1.165, 1.54) is 39.4 Å². The minimum Gasteiger partial charge on any atom is -0.306 e. The Bertz CT molecular complexity index is 1470. The van der Waals surface area contributed by atoms with E-state index in [0.717, 1.165) is 33.7 Å². The molecule has 0 radical (unpaired) electrons. The second-order valence-corrected chi connectivity index (χ2v) is 10.2. The van der Waals surface area contributed by atoms with E-state index in [1.54, 1.807) is 0 Å². The summed E-state index contributed by atoms with van der Waals surface area (Å²) in [5, 5.41) is 15.6. The number of benzene rings is 3. The van der Waals surface area contributed by atoms with Crippen molar-refractivity contribution in [2.45, 2.75) is 32.0 Å². The van der Waals surface area contributed by atoms with Crippen LogP contribution in [-0.2, 0) is 17.8 Å². The molecule has 5 rings (SSSR count). The molecular weight excluding hydrogens is 474 g/mol. The minimum absolute atomic E-state index is 0.107. The fourth-order valence-electron chi connectivity index (χ4n) is 4.09. The van der Waals surface area contributed by atoms with E-state index in [0.29, 0.717) is 11.6 Å².